The normalized spacial score (nSPS) is 22.0. The Morgan fingerprint density at radius 2 is 1.91 bits per heavy atom. The second-order valence-corrected chi connectivity index (χ2v) is 9.02. The first-order valence-corrected chi connectivity index (χ1v) is 11.6. The summed E-state index contributed by atoms with van der Waals surface area (Å²) < 4.78 is 21.0. The molecule has 1 aliphatic carbocycles. The minimum atomic E-state index is -0.995. The fourth-order valence-electron chi connectivity index (χ4n) is 4.67. The van der Waals surface area contributed by atoms with Crippen LogP contribution in [0.4, 0.5) is 0 Å². The van der Waals surface area contributed by atoms with E-state index in [2.05, 4.69) is 5.32 Å². The minimum absolute atomic E-state index is 0.00848. The number of hydrogen-bond donors (Lipinski definition) is 2. The number of phenols is 1. The lowest BCUT2D eigenvalue weighted by Crippen LogP contribution is -2.43. The lowest BCUT2D eigenvalue weighted by molar-refractivity contribution is -0.151. The number of phenolic OH excluding ortho intramolecular Hbond substituents is 1. The summed E-state index contributed by atoms with van der Waals surface area (Å²) in [7, 11) is 2.68. The van der Waals surface area contributed by atoms with Crippen LogP contribution in [0, 0.1) is 11.8 Å². The number of hydrogen-bond acceptors (Lipinski definition) is 9. The molecule has 3 rings (SSSR count). The van der Waals surface area contributed by atoms with Gasteiger partial charge in [0, 0.05) is 22.9 Å². The molecule has 0 unspecified atom stereocenters. The molecule has 1 aliphatic heterocycles. The molecule has 1 aromatic carbocycles. The highest BCUT2D eigenvalue weighted by Gasteiger charge is 2.47. The third-order valence-corrected chi connectivity index (χ3v) is 6.27. The van der Waals surface area contributed by atoms with Gasteiger partial charge in [0.1, 0.15) is 12.5 Å². The van der Waals surface area contributed by atoms with E-state index in [1.807, 2.05) is 20.8 Å². The van der Waals surface area contributed by atoms with Gasteiger partial charge in [0.05, 0.1) is 32.5 Å². The van der Waals surface area contributed by atoms with Gasteiger partial charge in [-0.2, -0.15) is 0 Å². The van der Waals surface area contributed by atoms with Crippen molar-refractivity contribution in [2.45, 2.75) is 46.1 Å². The van der Waals surface area contributed by atoms with Crippen LogP contribution < -0.4 is 10.1 Å². The molecule has 1 aromatic rings. The fraction of sp³-hybridized carbons (Fsp3) is 0.500. The number of dihydropyridines is 1. The number of methoxy groups -OCH3 is 2. The Hall–Kier alpha value is -3.33. The zero-order valence-corrected chi connectivity index (χ0v) is 21.0. The number of allylic oxidation sites excluding steroid dienone is 3. The van der Waals surface area contributed by atoms with E-state index in [4.69, 9.17) is 18.9 Å². The molecule has 2 aliphatic rings. The smallest absolute Gasteiger partial charge is 0.336 e. The number of rotatable bonds is 8. The number of carbonyl (C=O) groups is 3. The molecule has 0 bridgehead atoms. The molecule has 0 saturated heterocycles. The number of Topliss-reactive ketones (excluding diaryl/α,β-unsaturated/α-hetero) is 1. The van der Waals surface area contributed by atoms with Crippen molar-refractivity contribution < 1.29 is 38.4 Å². The molecule has 0 radical (unpaired) electrons. The number of esters is 2. The number of benzene rings is 1. The molecule has 35 heavy (non-hydrogen) atoms. The number of aromatic hydroxyl groups is 1. The first kappa shape index (κ1) is 26.3. The Kier molecular flexibility index (Phi) is 8.22. The van der Waals surface area contributed by atoms with Gasteiger partial charge < -0.3 is 29.4 Å². The average molecular weight is 488 g/mol. The summed E-state index contributed by atoms with van der Waals surface area (Å²) in [6.45, 7) is 7.59. The Balaban J connectivity index is 2.08. The Labute approximate surface area is 205 Å². The monoisotopic (exact) mass is 487 g/mol. The van der Waals surface area contributed by atoms with Gasteiger partial charge in [-0.25, -0.2) is 4.79 Å². The summed E-state index contributed by atoms with van der Waals surface area (Å²) in [5.41, 5.74) is 2.19. The third-order valence-electron chi connectivity index (χ3n) is 6.27. The molecule has 9 heteroatoms. The van der Waals surface area contributed by atoms with Gasteiger partial charge in [-0.15, -0.1) is 0 Å². The number of ketones is 1. The molecule has 9 nitrogen and oxygen atoms in total. The number of nitrogens with one attached hydrogen (secondary N) is 1. The van der Waals surface area contributed by atoms with Crippen molar-refractivity contribution >= 4 is 17.7 Å². The van der Waals surface area contributed by atoms with Crippen LogP contribution in [0.1, 0.15) is 45.6 Å². The molecule has 3 atom stereocenters. The van der Waals surface area contributed by atoms with Crippen molar-refractivity contribution in [1.82, 2.24) is 5.32 Å². The van der Waals surface area contributed by atoms with Crippen molar-refractivity contribution in [2.24, 2.45) is 11.8 Å². The topological polar surface area (TPSA) is 120 Å². The Morgan fingerprint density at radius 1 is 1.20 bits per heavy atom. The Morgan fingerprint density at radius 3 is 2.51 bits per heavy atom. The van der Waals surface area contributed by atoms with Crippen LogP contribution in [0.15, 0.2) is 40.7 Å². The van der Waals surface area contributed by atoms with Crippen molar-refractivity contribution in [3.63, 3.8) is 0 Å². The van der Waals surface area contributed by atoms with Gasteiger partial charge in [-0.05, 0) is 50.8 Å². The predicted octanol–water partition coefficient (Wildman–Crippen LogP) is 2.98. The van der Waals surface area contributed by atoms with Gasteiger partial charge in [0.25, 0.3) is 0 Å². The van der Waals surface area contributed by atoms with Crippen LogP contribution in [0.3, 0.4) is 0 Å². The van der Waals surface area contributed by atoms with Crippen LogP contribution in [-0.4, -0.2) is 56.4 Å². The van der Waals surface area contributed by atoms with E-state index in [9.17, 15) is 19.5 Å². The maximum absolute atomic E-state index is 13.7. The molecular weight excluding hydrogens is 454 g/mol. The molecule has 2 N–H and O–H groups in total. The van der Waals surface area contributed by atoms with Gasteiger partial charge >= 0.3 is 11.9 Å². The molecule has 1 heterocycles. The van der Waals surface area contributed by atoms with Gasteiger partial charge in [0.2, 0.25) is 0 Å². The summed E-state index contributed by atoms with van der Waals surface area (Å²) in [5.74, 6) is -3.67. The minimum Gasteiger partial charge on any atom is -0.504 e. The highest BCUT2D eigenvalue weighted by molar-refractivity contribution is 6.12. The SMILES string of the molecule is COC(=O)[C@@H]1C(=O)C2=C(C[C@H]1C)NC(C)=C(C(=O)OCCOC(C)C)[C@@H]2c1ccc(OC)c(O)c1. The molecule has 0 fully saturated rings. The predicted molar refractivity (Wildman–Crippen MR) is 127 cm³/mol. The van der Waals surface area contributed by atoms with E-state index in [0.717, 1.165) is 0 Å². The van der Waals surface area contributed by atoms with Crippen LogP contribution in [0.2, 0.25) is 0 Å². The third kappa shape index (κ3) is 5.35. The van der Waals surface area contributed by atoms with Crippen molar-refractivity contribution in [1.29, 1.82) is 0 Å². The standard InChI is InChI=1S/C26H33NO8/c1-13(2)34-9-10-35-26(31)21-15(4)27-17-11-14(3)20(25(30)33-6)24(29)23(17)22(21)16-7-8-19(32-5)18(28)12-16/h7-8,12-14,20,22,27-28H,9-11H2,1-6H3/t14-,20+,22+/m1/s1. The first-order chi connectivity index (χ1) is 16.6. The summed E-state index contributed by atoms with van der Waals surface area (Å²) >= 11 is 0. The summed E-state index contributed by atoms with van der Waals surface area (Å²) in [6.07, 6.45) is 0.410. The molecule has 190 valence electrons. The van der Waals surface area contributed by atoms with Gasteiger partial charge in [-0.1, -0.05) is 13.0 Å². The van der Waals surface area contributed by atoms with Crippen molar-refractivity contribution in [3.05, 3.63) is 46.3 Å². The van der Waals surface area contributed by atoms with Crippen LogP contribution in [-0.2, 0) is 28.6 Å². The molecule has 0 aromatic heterocycles. The van der Waals surface area contributed by atoms with Crippen LogP contribution >= 0.6 is 0 Å². The van der Waals surface area contributed by atoms with E-state index in [-0.39, 0.29) is 42.3 Å². The van der Waals surface area contributed by atoms with Gasteiger partial charge in [0.15, 0.2) is 17.3 Å². The zero-order chi connectivity index (χ0) is 25.9. The lowest BCUT2D eigenvalue weighted by atomic mass is 9.69. The van der Waals surface area contributed by atoms with Crippen molar-refractivity contribution in [3.8, 4) is 11.5 Å². The van der Waals surface area contributed by atoms with E-state index >= 15 is 0 Å². The van der Waals surface area contributed by atoms with E-state index in [0.29, 0.717) is 29.0 Å². The largest absolute Gasteiger partial charge is 0.504 e. The summed E-state index contributed by atoms with van der Waals surface area (Å²) in [4.78, 5) is 39.5. The van der Waals surface area contributed by atoms with Crippen LogP contribution in [0.5, 0.6) is 11.5 Å². The molecule has 0 amide bonds. The average Bonchev–Trinajstić information content (AvgIpc) is 2.80. The Bertz CT molecular complexity index is 1070. The lowest BCUT2D eigenvalue weighted by Gasteiger charge is -2.38. The highest BCUT2D eigenvalue weighted by Crippen LogP contribution is 2.46. The summed E-state index contributed by atoms with van der Waals surface area (Å²) in [6, 6.07) is 4.70. The second kappa shape index (κ2) is 10.9. The van der Waals surface area contributed by atoms with E-state index < -0.39 is 29.6 Å². The van der Waals surface area contributed by atoms with Gasteiger partial charge in [-0.3, -0.25) is 9.59 Å². The quantitative estimate of drug-likeness (QED) is 0.324. The highest BCUT2D eigenvalue weighted by atomic mass is 16.6. The molecule has 0 saturated carbocycles. The fourth-order valence-corrected chi connectivity index (χ4v) is 4.67. The summed E-state index contributed by atoms with van der Waals surface area (Å²) in [5, 5.41) is 13.7. The maximum atomic E-state index is 13.7. The number of ether oxygens (including phenoxy) is 4. The number of carbonyl (C=O) groups excluding carboxylic acids is 3. The van der Waals surface area contributed by atoms with E-state index in [1.165, 1.54) is 20.3 Å². The second-order valence-electron chi connectivity index (χ2n) is 9.02. The van der Waals surface area contributed by atoms with Crippen LogP contribution in [0.25, 0.3) is 0 Å². The maximum Gasteiger partial charge on any atom is 0.336 e. The first-order valence-electron chi connectivity index (χ1n) is 11.6. The molecular formula is C26H33NO8. The van der Waals surface area contributed by atoms with Crippen molar-refractivity contribution in [2.75, 3.05) is 27.4 Å². The molecule has 0 spiro atoms. The van der Waals surface area contributed by atoms with E-state index in [1.54, 1.807) is 19.1 Å². The zero-order valence-electron chi connectivity index (χ0n) is 21.0.